The summed E-state index contributed by atoms with van der Waals surface area (Å²) in [5.74, 6) is 0.446. The van der Waals surface area contributed by atoms with Crippen molar-refractivity contribution in [1.29, 1.82) is 0 Å². The summed E-state index contributed by atoms with van der Waals surface area (Å²) in [5.41, 5.74) is 6.69. The van der Waals surface area contributed by atoms with E-state index in [1.807, 2.05) is 18.2 Å². The molecule has 0 aliphatic carbocycles. The number of aldehydes is 1. The summed E-state index contributed by atoms with van der Waals surface area (Å²) in [5, 5.41) is 6.17. The molecule has 0 saturated heterocycles. The highest BCUT2D eigenvalue weighted by molar-refractivity contribution is 5.83. The van der Waals surface area contributed by atoms with Crippen molar-refractivity contribution in [3.8, 4) is 0 Å². The smallest absolute Gasteiger partial charge is 0.220 e. The zero-order valence-electron chi connectivity index (χ0n) is 19.5. The fraction of sp³-hybridized carbons (Fsp3) is 0.640. The number of carbonyl (C=O) groups excluding carboxylic acids is 2. The first-order chi connectivity index (χ1) is 15.0. The van der Waals surface area contributed by atoms with Gasteiger partial charge in [-0.2, -0.15) is 0 Å². The van der Waals surface area contributed by atoms with Crippen LogP contribution in [0, 0.1) is 0 Å². The molecule has 6 nitrogen and oxygen atoms in total. The van der Waals surface area contributed by atoms with Gasteiger partial charge in [-0.25, -0.2) is 0 Å². The van der Waals surface area contributed by atoms with Crippen molar-refractivity contribution in [3.05, 3.63) is 35.9 Å². The van der Waals surface area contributed by atoms with Gasteiger partial charge in [-0.15, -0.1) is 0 Å². The number of aliphatic imine (C=N–C) groups is 1. The summed E-state index contributed by atoms with van der Waals surface area (Å²) >= 11 is 0. The Morgan fingerprint density at radius 1 is 1.03 bits per heavy atom. The van der Waals surface area contributed by atoms with Gasteiger partial charge in [0, 0.05) is 19.5 Å². The van der Waals surface area contributed by atoms with Crippen molar-refractivity contribution in [1.82, 2.24) is 10.6 Å². The molecule has 0 aliphatic rings. The minimum atomic E-state index is -0.600. The zero-order valence-corrected chi connectivity index (χ0v) is 19.5. The van der Waals surface area contributed by atoms with Gasteiger partial charge in [-0.1, -0.05) is 76.3 Å². The summed E-state index contributed by atoms with van der Waals surface area (Å²) in [6.45, 7) is 5.52. The third-order valence-electron chi connectivity index (χ3n) is 5.48. The Balaban J connectivity index is 2.23. The van der Waals surface area contributed by atoms with Crippen molar-refractivity contribution in [3.63, 3.8) is 0 Å². The molecule has 174 valence electrons. The zero-order chi connectivity index (χ0) is 22.8. The summed E-state index contributed by atoms with van der Waals surface area (Å²) in [6.07, 6.45) is 10.6. The van der Waals surface area contributed by atoms with E-state index in [0.29, 0.717) is 25.5 Å². The molecule has 0 unspecified atom stereocenters. The van der Waals surface area contributed by atoms with Crippen molar-refractivity contribution in [2.45, 2.75) is 90.0 Å². The van der Waals surface area contributed by atoms with Crippen LogP contribution in [0.4, 0.5) is 0 Å². The molecule has 0 spiro atoms. The van der Waals surface area contributed by atoms with Crippen LogP contribution in [-0.4, -0.2) is 36.8 Å². The predicted molar refractivity (Wildman–Crippen MR) is 129 cm³/mol. The van der Waals surface area contributed by atoms with E-state index >= 15 is 0 Å². The second-order valence-corrected chi connectivity index (χ2v) is 8.27. The van der Waals surface area contributed by atoms with E-state index in [1.54, 1.807) is 0 Å². The van der Waals surface area contributed by atoms with Gasteiger partial charge in [0.15, 0.2) is 5.96 Å². The Morgan fingerprint density at radius 3 is 2.32 bits per heavy atom. The molecular formula is C25H42N4O2. The highest BCUT2D eigenvalue weighted by atomic mass is 16.1. The molecule has 0 aliphatic heterocycles. The maximum Gasteiger partial charge on any atom is 0.220 e. The number of hydrogen-bond donors (Lipinski definition) is 3. The third-order valence-corrected chi connectivity index (χ3v) is 5.48. The molecule has 0 heterocycles. The number of nitrogens with two attached hydrogens (primary N) is 1. The number of rotatable bonds is 17. The number of carbonyl (C=O) groups is 2. The van der Waals surface area contributed by atoms with E-state index in [1.165, 1.54) is 5.56 Å². The number of unbranched alkanes of at least 4 members (excludes halogenated alkanes) is 4. The molecule has 0 fully saturated rings. The number of benzene rings is 1. The molecule has 0 atom stereocenters. The summed E-state index contributed by atoms with van der Waals surface area (Å²) in [6, 6.07) is 10.2. The van der Waals surface area contributed by atoms with E-state index in [4.69, 9.17) is 5.73 Å². The Morgan fingerprint density at radius 2 is 1.71 bits per heavy atom. The number of hydrogen-bond acceptors (Lipinski definition) is 3. The normalized spacial score (nSPS) is 11.9. The Labute approximate surface area is 188 Å². The lowest BCUT2D eigenvalue weighted by Crippen LogP contribution is -2.52. The Hall–Kier alpha value is -2.37. The Bertz CT molecular complexity index is 638. The average Bonchev–Trinajstić information content (AvgIpc) is 2.78. The average molecular weight is 431 g/mol. The fourth-order valence-corrected chi connectivity index (χ4v) is 3.53. The van der Waals surface area contributed by atoms with E-state index in [-0.39, 0.29) is 5.91 Å². The van der Waals surface area contributed by atoms with Crippen molar-refractivity contribution in [2.75, 3.05) is 13.1 Å². The van der Waals surface area contributed by atoms with Gasteiger partial charge in [-0.3, -0.25) is 9.79 Å². The van der Waals surface area contributed by atoms with Crippen molar-refractivity contribution < 1.29 is 9.59 Å². The fourth-order valence-electron chi connectivity index (χ4n) is 3.53. The summed E-state index contributed by atoms with van der Waals surface area (Å²) < 4.78 is 0. The molecule has 4 N–H and O–H groups in total. The van der Waals surface area contributed by atoms with E-state index in [2.05, 4.69) is 41.6 Å². The molecular weight excluding hydrogens is 388 g/mol. The van der Waals surface area contributed by atoms with E-state index in [9.17, 15) is 9.59 Å². The second-order valence-electron chi connectivity index (χ2n) is 8.27. The van der Waals surface area contributed by atoms with Crippen LogP contribution in [0.5, 0.6) is 0 Å². The third kappa shape index (κ3) is 12.2. The minimum absolute atomic E-state index is 0.100. The highest BCUT2D eigenvalue weighted by Crippen LogP contribution is 2.19. The molecule has 0 bridgehead atoms. The molecule has 1 aromatic carbocycles. The van der Waals surface area contributed by atoms with Crippen LogP contribution in [0.1, 0.15) is 83.6 Å². The number of amides is 1. The van der Waals surface area contributed by atoms with Gasteiger partial charge >= 0.3 is 0 Å². The first-order valence-electron chi connectivity index (χ1n) is 11.9. The first-order valence-corrected chi connectivity index (χ1v) is 11.9. The standard InChI is InChI=1S/C25H42N4O2/c1-3-5-17-25(21-30,18-6-4-2)29-24(26)28-19-12-8-11-15-23(31)27-20-16-22-13-9-7-10-14-22/h7,9-10,13-14,21H,3-6,8,11-12,15-20H2,1-2H3,(H,27,31)(H3,26,28,29). The number of nitrogens with zero attached hydrogens (tertiary/aromatic N) is 1. The van der Waals surface area contributed by atoms with Crippen LogP contribution in [0.2, 0.25) is 0 Å². The molecule has 6 heteroatoms. The number of nitrogens with one attached hydrogen (secondary N) is 2. The molecule has 0 radical (unpaired) electrons. The summed E-state index contributed by atoms with van der Waals surface area (Å²) in [7, 11) is 0. The Kier molecular flexibility index (Phi) is 14.1. The quantitative estimate of drug-likeness (QED) is 0.150. The molecule has 1 amide bonds. The lowest BCUT2D eigenvalue weighted by molar-refractivity contribution is -0.121. The van der Waals surface area contributed by atoms with Crippen LogP contribution >= 0.6 is 0 Å². The monoisotopic (exact) mass is 430 g/mol. The molecule has 31 heavy (non-hydrogen) atoms. The first kappa shape index (κ1) is 26.7. The van der Waals surface area contributed by atoms with Crippen LogP contribution < -0.4 is 16.4 Å². The van der Waals surface area contributed by atoms with Crippen LogP contribution in [-0.2, 0) is 16.0 Å². The maximum atomic E-state index is 11.9. The van der Waals surface area contributed by atoms with Crippen molar-refractivity contribution >= 4 is 18.2 Å². The summed E-state index contributed by atoms with van der Waals surface area (Å²) in [4.78, 5) is 28.1. The predicted octanol–water partition coefficient (Wildman–Crippen LogP) is 4.13. The van der Waals surface area contributed by atoms with Gasteiger partial charge in [-0.05, 0) is 37.7 Å². The molecule has 1 aromatic rings. The van der Waals surface area contributed by atoms with Gasteiger partial charge < -0.3 is 21.2 Å². The second kappa shape index (κ2) is 16.3. The largest absolute Gasteiger partial charge is 0.370 e. The minimum Gasteiger partial charge on any atom is -0.370 e. The topological polar surface area (TPSA) is 96.6 Å². The molecule has 1 rings (SSSR count). The van der Waals surface area contributed by atoms with Crippen LogP contribution in [0.25, 0.3) is 0 Å². The lowest BCUT2D eigenvalue weighted by Gasteiger charge is -2.30. The molecule has 0 aromatic heterocycles. The van der Waals surface area contributed by atoms with E-state index < -0.39 is 5.54 Å². The van der Waals surface area contributed by atoms with Gasteiger partial charge in [0.2, 0.25) is 5.91 Å². The van der Waals surface area contributed by atoms with Crippen molar-refractivity contribution in [2.24, 2.45) is 10.7 Å². The maximum absolute atomic E-state index is 11.9. The number of guanidine groups is 1. The molecule has 0 saturated carbocycles. The highest BCUT2D eigenvalue weighted by Gasteiger charge is 2.28. The van der Waals surface area contributed by atoms with Gasteiger partial charge in [0.05, 0.1) is 5.54 Å². The van der Waals surface area contributed by atoms with Gasteiger partial charge in [0.1, 0.15) is 6.29 Å². The van der Waals surface area contributed by atoms with Crippen LogP contribution in [0.15, 0.2) is 35.3 Å². The van der Waals surface area contributed by atoms with Gasteiger partial charge in [0.25, 0.3) is 0 Å². The lowest BCUT2D eigenvalue weighted by atomic mass is 9.88. The van der Waals surface area contributed by atoms with E-state index in [0.717, 1.165) is 70.5 Å². The van der Waals surface area contributed by atoms with Crippen LogP contribution in [0.3, 0.4) is 0 Å². The SMILES string of the molecule is CCCCC(C=O)(CCCC)NC(N)=NCCCCCC(=O)NCCc1ccccc1.